The third kappa shape index (κ3) is 2.83. The van der Waals surface area contributed by atoms with Gasteiger partial charge in [-0.15, -0.1) is 0 Å². The first kappa shape index (κ1) is 12.7. The lowest BCUT2D eigenvalue weighted by atomic mass is 9.91. The van der Waals surface area contributed by atoms with Crippen LogP contribution in [-0.2, 0) is 5.60 Å². The molecule has 1 aromatic rings. The number of aliphatic hydroxyl groups is 1. The van der Waals surface area contributed by atoms with Crippen molar-refractivity contribution in [2.75, 3.05) is 0 Å². The van der Waals surface area contributed by atoms with Gasteiger partial charge in [0.25, 0.3) is 0 Å². The maximum absolute atomic E-state index is 10.0. The van der Waals surface area contributed by atoms with Crippen LogP contribution in [-0.4, -0.2) is 5.11 Å². The van der Waals surface area contributed by atoms with Crippen molar-refractivity contribution in [1.29, 1.82) is 0 Å². The molecule has 1 rings (SSSR count). The average molecular weight is 216 g/mol. The molecule has 1 heteroatoms. The van der Waals surface area contributed by atoms with Crippen LogP contribution < -0.4 is 0 Å². The van der Waals surface area contributed by atoms with E-state index in [1.54, 1.807) is 13.8 Å². The van der Waals surface area contributed by atoms with Crippen LogP contribution in [0.3, 0.4) is 0 Å². The molecule has 0 atom stereocenters. The summed E-state index contributed by atoms with van der Waals surface area (Å²) < 4.78 is 0. The van der Waals surface area contributed by atoms with E-state index in [9.17, 15) is 5.11 Å². The first-order valence-corrected chi connectivity index (χ1v) is 5.41. The molecule has 0 aliphatic rings. The fraction of sp³-hybridized carbons (Fsp3) is 0.333. The van der Waals surface area contributed by atoms with E-state index in [-0.39, 0.29) is 0 Å². The van der Waals surface area contributed by atoms with Crippen molar-refractivity contribution < 1.29 is 5.11 Å². The highest BCUT2D eigenvalue weighted by Crippen LogP contribution is 2.27. The predicted octanol–water partition coefficient (Wildman–Crippen LogP) is 3.98. The minimum Gasteiger partial charge on any atom is -0.386 e. The molecule has 0 saturated heterocycles. The zero-order chi connectivity index (χ0) is 12.5. The summed E-state index contributed by atoms with van der Waals surface area (Å²) in [6.07, 6.45) is 0. The minimum absolute atomic E-state index is 0.838. The largest absolute Gasteiger partial charge is 0.386 e. The molecule has 16 heavy (non-hydrogen) atoms. The lowest BCUT2D eigenvalue weighted by Crippen LogP contribution is -2.16. The SMILES string of the molecule is C=C(C)c1cc(C(=C)C)cc(C(C)(C)O)c1. The summed E-state index contributed by atoms with van der Waals surface area (Å²) in [4.78, 5) is 0. The van der Waals surface area contributed by atoms with Crippen LogP contribution in [0.1, 0.15) is 44.4 Å². The number of allylic oxidation sites excluding steroid dienone is 2. The van der Waals surface area contributed by atoms with Crippen molar-refractivity contribution in [2.45, 2.75) is 33.3 Å². The summed E-state index contributed by atoms with van der Waals surface area (Å²) in [5.41, 5.74) is 4.15. The van der Waals surface area contributed by atoms with E-state index in [0.29, 0.717) is 0 Å². The molecular weight excluding hydrogens is 196 g/mol. The summed E-state index contributed by atoms with van der Waals surface area (Å²) in [5.74, 6) is 0. The Balaban J connectivity index is 3.42. The van der Waals surface area contributed by atoms with Gasteiger partial charge in [0.15, 0.2) is 0 Å². The molecule has 0 bridgehead atoms. The molecule has 86 valence electrons. The van der Waals surface area contributed by atoms with Gasteiger partial charge < -0.3 is 5.11 Å². The van der Waals surface area contributed by atoms with E-state index in [0.717, 1.165) is 27.8 Å². The van der Waals surface area contributed by atoms with E-state index >= 15 is 0 Å². The standard InChI is InChI=1S/C15H20O/c1-10(2)12-7-13(11(3)4)9-14(8-12)15(5,6)16/h7-9,16H,1,3H2,2,4-6H3. The maximum Gasteiger partial charge on any atom is 0.0840 e. The highest BCUT2D eigenvalue weighted by molar-refractivity contribution is 5.70. The van der Waals surface area contributed by atoms with Gasteiger partial charge in [-0.3, -0.25) is 0 Å². The Morgan fingerprint density at radius 1 is 1.00 bits per heavy atom. The van der Waals surface area contributed by atoms with Crippen molar-refractivity contribution in [3.05, 3.63) is 48.0 Å². The van der Waals surface area contributed by atoms with Gasteiger partial charge in [0.05, 0.1) is 5.60 Å². The highest BCUT2D eigenvalue weighted by atomic mass is 16.3. The Morgan fingerprint density at radius 3 is 1.62 bits per heavy atom. The Labute approximate surface area is 98.1 Å². The summed E-state index contributed by atoms with van der Waals surface area (Å²) in [6, 6.07) is 6.02. The zero-order valence-corrected chi connectivity index (χ0v) is 10.6. The summed E-state index contributed by atoms with van der Waals surface area (Å²) >= 11 is 0. The predicted molar refractivity (Wildman–Crippen MR) is 71.1 cm³/mol. The van der Waals surface area contributed by atoms with E-state index in [4.69, 9.17) is 0 Å². The second kappa shape index (κ2) is 4.26. The third-order valence-electron chi connectivity index (χ3n) is 2.63. The molecule has 0 aromatic heterocycles. The van der Waals surface area contributed by atoms with E-state index < -0.39 is 5.60 Å². The van der Waals surface area contributed by atoms with Crippen LogP contribution in [0.5, 0.6) is 0 Å². The summed E-state index contributed by atoms with van der Waals surface area (Å²) in [6.45, 7) is 15.4. The Kier molecular flexibility index (Phi) is 3.39. The molecule has 0 saturated carbocycles. The molecular formula is C15H20O. The molecule has 0 heterocycles. The first-order chi connectivity index (χ1) is 7.21. The topological polar surface area (TPSA) is 20.2 Å². The van der Waals surface area contributed by atoms with Crippen LogP contribution in [0.15, 0.2) is 31.4 Å². The highest BCUT2D eigenvalue weighted by Gasteiger charge is 2.17. The van der Waals surface area contributed by atoms with Gasteiger partial charge in [0.1, 0.15) is 0 Å². The van der Waals surface area contributed by atoms with Gasteiger partial charge in [-0.2, -0.15) is 0 Å². The second-order valence-corrected chi connectivity index (χ2v) is 4.92. The van der Waals surface area contributed by atoms with Crippen molar-refractivity contribution in [1.82, 2.24) is 0 Å². The molecule has 0 spiro atoms. The molecule has 1 N–H and O–H groups in total. The minimum atomic E-state index is -0.838. The Bertz CT molecular complexity index is 401. The smallest absolute Gasteiger partial charge is 0.0840 e. The van der Waals surface area contributed by atoms with E-state index in [2.05, 4.69) is 19.2 Å². The Hall–Kier alpha value is -1.34. The zero-order valence-electron chi connectivity index (χ0n) is 10.6. The molecule has 0 amide bonds. The molecule has 0 radical (unpaired) electrons. The van der Waals surface area contributed by atoms with Gasteiger partial charge in [-0.25, -0.2) is 0 Å². The van der Waals surface area contributed by atoms with Crippen LogP contribution in [0, 0.1) is 0 Å². The first-order valence-electron chi connectivity index (χ1n) is 5.41. The van der Waals surface area contributed by atoms with Crippen LogP contribution >= 0.6 is 0 Å². The van der Waals surface area contributed by atoms with E-state index in [1.807, 2.05) is 26.0 Å². The van der Waals surface area contributed by atoms with Gasteiger partial charge in [-0.05, 0) is 62.6 Å². The van der Waals surface area contributed by atoms with Gasteiger partial charge in [-0.1, -0.05) is 24.3 Å². The van der Waals surface area contributed by atoms with Crippen molar-refractivity contribution >= 4 is 11.1 Å². The molecule has 0 aliphatic heterocycles. The lowest BCUT2D eigenvalue weighted by molar-refractivity contribution is 0.0785. The van der Waals surface area contributed by atoms with Gasteiger partial charge >= 0.3 is 0 Å². The fourth-order valence-electron chi connectivity index (χ4n) is 1.47. The third-order valence-corrected chi connectivity index (χ3v) is 2.63. The van der Waals surface area contributed by atoms with Crippen molar-refractivity contribution in [3.63, 3.8) is 0 Å². The monoisotopic (exact) mass is 216 g/mol. The number of benzene rings is 1. The molecule has 0 unspecified atom stereocenters. The summed E-state index contributed by atoms with van der Waals surface area (Å²) in [5, 5.41) is 10.0. The van der Waals surface area contributed by atoms with Crippen molar-refractivity contribution in [2.24, 2.45) is 0 Å². The fourth-order valence-corrected chi connectivity index (χ4v) is 1.47. The van der Waals surface area contributed by atoms with Gasteiger partial charge in [0, 0.05) is 0 Å². The number of rotatable bonds is 3. The molecule has 0 aliphatic carbocycles. The van der Waals surface area contributed by atoms with Gasteiger partial charge in [0.2, 0.25) is 0 Å². The molecule has 0 fully saturated rings. The normalized spacial score (nSPS) is 11.3. The number of hydrogen-bond donors (Lipinski definition) is 1. The second-order valence-electron chi connectivity index (χ2n) is 4.92. The van der Waals surface area contributed by atoms with Crippen LogP contribution in [0.4, 0.5) is 0 Å². The lowest BCUT2D eigenvalue weighted by Gasteiger charge is -2.20. The number of hydrogen-bond acceptors (Lipinski definition) is 1. The quantitative estimate of drug-likeness (QED) is 0.810. The summed E-state index contributed by atoms with van der Waals surface area (Å²) in [7, 11) is 0. The molecule has 1 aromatic carbocycles. The maximum atomic E-state index is 10.0. The molecule has 1 nitrogen and oxygen atoms in total. The van der Waals surface area contributed by atoms with Crippen LogP contribution in [0.2, 0.25) is 0 Å². The van der Waals surface area contributed by atoms with E-state index in [1.165, 1.54) is 0 Å². The Morgan fingerprint density at radius 2 is 1.38 bits per heavy atom. The average Bonchev–Trinajstić information content (AvgIpc) is 2.15. The van der Waals surface area contributed by atoms with Crippen molar-refractivity contribution in [3.8, 4) is 0 Å². The van der Waals surface area contributed by atoms with Crippen LogP contribution in [0.25, 0.3) is 11.1 Å².